The van der Waals surface area contributed by atoms with Crippen molar-refractivity contribution >= 4 is 17.9 Å². The number of carbonyl (C=O) groups excluding carboxylic acids is 1. The molecule has 0 amide bonds. The zero-order valence-electron chi connectivity index (χ0n) is 26.7. The standard InChI is InChI=1S/C33H34F3N3O12/c34-33(35,36)50-22-4-2-1-3-20(22)24-21(28(51-38-24)15-5-6-15)14-46-19-11-17-8-9-18(12-19)39(17)23-10-7-16(13-37-23)29(43)47-30-26(41)25(40)27(42)31(48-30)49-32(44)45/h1-4,7,10,13,15,17-19,25-27,30-31,40-42H,5-6,8-9,11-12,14H2,(H,44,45)/t17-,18+,19+,25-,26+,27-,30+,31-/m0/s1. The molecule has 2 bridgehead atoms. The van der Waals surface area contributed by atoms with Gasteiger partial charge in [-0.1, -0.05) is 17.3 Å². The molecule has 0 unspecified atom stereocenters. The first kappa shape index (κ1) is 34.9. The van der Waals surface area contributed by atoms with Crippen molar-refractivity contribution in [3.8, 4) is 17.0 Å². The lowest BCUT2D eigenvalue weighted by molar-refractivity contribution is -0.327. The van der Waals surface area contributed by atoms with Gasteiger partial charge in [-0.3, -0.25) is 4.74 Å². The van der Waals surface area contributed by atoms with E-state index in [9.17, 15) is 38.1 Å². The topological polar surface area (TPSA) is 203 Å². The highest BCUT2D eigenvalue weighted by molar-refractivity contribution is 5.89. The number of anilines is 1. The van der Waals surface area contributed by atoms with Crippen LogP contribution in [0.5, 0.6) is 5.75 Å². The third-order valence-electron chi connectivity index (χ3n) is 9.50. The second-order valence-corrected chi connectivity index (χ2v) is 12.9. The van der Waals surface area contributed by atoms with Gasteiger partial charge in [0.25, 0.3) is 0 Å². The summed E-state index contributed by atoms with van der Waals surface area (Å²) in [4.78, 5) is 30.3. The van der Waals surface area contributed by atoms with Crippen LogP contribution in [0.2, 0.25) is 0 Å². The van der Waals surface area contributed by atoms with Crippen molar-refractivity contribution in [3.05, 3.63) is 59.5 Å². The van der Waals surface area contributed by atoms with E-state index in [4.69, 9.17) is 23.8 Å². The highest BCUT2D eigenvalue weighted by atomic mass is 19.4. The molecule has 3 aliphatic heterocycles. The number of alkyl halides is 3. The van der Waals surface area contributed by atoms with Gasteiger partial charge in [0.05, 0.1) is 18.3 Å². The van der Waals surface area contributed by atoms with E-state index in [0.717, 1.165) is 25.7 Å². The normalized spacial score (nSPS) is 29.1. The third kappa shape index (κ3) is 7.45. The Morgan fingerprint density at radius 2 is 1.61 bits per heavy atom. The van der Waals surface area contributed by atoms with E-state index >= 15 is 0 Å². The number of halogens is 3. The maximum absolute atomic E-state index is 13.2. The number of esters is 1. The van der Waals surface area contributed by atoms with Crippen LogP contribution in [-0.4, -0.2) is 98.1 Å². The largest absolute Gasteiger partial charge is 0.573 e. The van der Waals surface area contributed by atoms with Crippen molar-refractivity contribution in [1.82, 2.24) is 10.1 Å². The summed E-state index contributed by atoms with van der Waals surface area (Å²) in [6.45, 7) is 0.1000. The summed E-state index contributed by atoms with van der Waals surface area (Å²) in [7, 11) is 0. The summed E-state index contributed by atoms with van der Waals surface area (Å²) >= 11 is 0. The smallest absolute Gasteiger partial charge is 0.450 e. The molecule has 1 aliphatic carbocycles. The van der Waals surface area contributed by atoms with E-state index in [0.29, 0.717) is 30.0 Å². The zero-order valence-corrected chi connectivity index (χ0v) is 26.7. The summed E-state index contributed by atoms with van der Waals surface area (Å²) in [5.74, 6) is -0.0116. The number of nitrogens with zero attached hydrogens (tertiary/aromatic N) is 3. The van der Waals surface area contributed by atoms with Gasteiger partial charge in [-0.25, -0.2) is 14.6 Å². The van der Waals surface area contributed by atoms with Gasteiger partial charge in [-0.2, -0.15) is 0 Å². The Labute approximate surface area is 287 Å². The van der Waals surface area contributed by atoms with Crippen LogP contribution in [0.3, 0.4) is 0 Å². The van der Waals surface area contributed by atoms with Crippen molar-refractivity contribution in [2.75, 3.05) is 4.90 Å². The molecule has 4 fully saturated rings. The number of hydrogen-bond acceptors (Lipinski definition) is 14. The van der Waals surface area contributed by atoms with Crippen molar-refractivity contribution in [1.29, 1.82) is 0 Å². The van der Waals surface area contributed by atoms with Gasteiger partial charge in [0.1, 0.15) is 41.3 Å². The minimum Gasteiger partial charge on any atom is -0.450 e. The Morgan fingerprint density at radius 3 is 2.24 bits per heavy atom. The number of piperidine rings is 1. The number of carbonyl (C=O) groups is 2. The zero-order chi connectivity index (χ0) is 36.0. The molecule has 4 N–H and O–H groups in total. The van der Waals surface area contributed by atoms with E-state index in [1.807, 2.05) is 0 Å². The van der Waals surface area contributed by atoms with E-state index < -0.39 is 49.4 Å². The predicted molar refractivity (Wildman–Crippen MR) is 163 cm³/mol. The summed E-state index contributed by atoms with van der Waals surface area (Å²) in [6.07, 6.45) is -10.2. The third-order valence-corrected chi connectivity index (χ3v) is 9.50. The Hall–Kier alpha value is -4.49. The van der Waals surface area contributed by atoms with Crippen LogP contribution >= 0.6 is 0 Å². The number of fused-ring (bicyclic) bond motifs is 2. The van der Waals surface area contributed by atoms with E-state index in [1.54, 1.807) is 12.1 Å². The molecule has 1 aromatic carbocycles. The van der Waals surface area contributed by atoms with Gasteiger partial charge >= 0.3 is 18.5 Å². The molecule has 2 aromatic heterocycles. The number of aromatic nitrogens is 2. The van der Waals surface area contributed by atoms with Crippen molar-refractivity contribution < 1.29 is 71.4 Å². The predicted octanol–water partition coefficient (Wildman–Crippen LogP) is 3.85. The molecule has 7 rings (SSSR count). The molecule has 274 valence electrons. The molecule has 15 nitrogen and oxygen atoms in total. The average Bonchev–Trinajstić information content (AvgIpc) is 3.79. The van der Waals surface area contributed by atoms with Crippen LogP contribution < -0.4 is 9.64 Å². The quantitative estimate of drug-likeness (QED) is 0.220. The summed E-state index contributed by atoms with van der Waals surface area (Å²) in [5.41, 5.74) is 1.00. The van der Waals surface area contributed by atoms with E-state index in [2.05, 4.69) is 24.5 Å². The summed E-state index contributed by atoms with van der Waals surface area (Å²) in [5, 5.41) is 43.1. The van der Waals surface area contributed by atoms with Gasteiger partial charge in [0, 0.05) is 35.3 Å². The Balaban J connectivity index is 0.992. The van der Waals surface area contributed by atoms with Crippen LogP contribution in [0.25, 0.3) is 11.3 Å². The lowest BCUT2D eigenvalue weighted by Gasteiger charge is -2.39. The van der Waals surface area contributed by atoms with Crippen molar-refractivity contribution in [2.45, 2.75) is 106 Å². The highest BCUT2D eigenvalue weighted by Gasteiger charge is 2.48. The lowest BCUT2D eigenvalue weighted by Crippen LogP contribution is -2.59. The van der Waals surface area contributed by atoms with Crippen LogP contribution in [-0.2, 0) is 25.6 Å². The molecular formula is C33H34F3N3O12. The van der Waals surface area contributed by atoms with Gasteiger partial charge in [-0.05, 0) is 62.8 Å². The second-order valence-electron chi connectivity index (χ2n) is 12.9. The fourth-order valence-corrected chi connectivity index (χ4v) is 7.00. The van der Waals surface area contributed by atoms with Crippen LogP contribution in [0, 0.1) is 0 Å². The van der Waals surface area contributed by atoms with Gasteiger partial charge in [0.2, 0.25) is 12.6 Å². The molecule has 8 atom stereocenters. The number of pyridine rings is 1. The molecule has 4 aliphatic rings. The fraction of sp³-hybridized carbons (Fsp3) is 0.515. The number of aliphatic hydroxyl groups is 3. The number of para-hydroxylation sites is 1. The van der Waals surface area contributed by atoms with Crippen molar-refractivity contribution in [3.63, 3.8) is 0 Å². The Morgan fingerprint density at radius 1 is 0.922 bits per heavy atom. The van der Waals surface area contributed by atoms with Crippen LogP contribution in [0.4, 0.5) is 23.8 Å². The molecule has 0 spiro atoms. The first-order valence-electron chi connectivity index (χ1n) is 16.4. The lowest BCUT2D eigenvalue weighted by atomic mass is 9.99. The van der Waals surface area contributed by atoms with E-state index in [1.165, 1.54) is 30.5 Å². The maximum atomic E-state index is 13.2. The van der Waals surface area contributed by atoms with Gasteiger partial charge < -0.3 is 48.8 Å². The molecule has 3 aromatic rings. The van der Waals surface area contributed by atoms with Crippen LogP contribution in [0.1, 0.15) is 66.1 Å². The first-order chi connectivity index (χ1) is 24.4. The molecule has 5 heterocycles. The van der Waals surface area contributed by atoms with Gasteiger partial charge in [-0.15, -0.1) is 13.2 Å². The monoisotopic (exact) mass is 721 g/mol. The second kappa shape index (κ2) is 13.9. The number of ether oxygens (including phenoxy) is 5. The molecule has 1 saturated carbocycles. The summed E-state index contributed by atoms with van der Waals surface area (Å²) in [6, 6.07) is 9.03. The fourth-order valence-electron chi connectivity index (χ4n) is 7.00. The number of hydrogen-bond donors (Lipinski definition) is 4. The molecule has 18 heteroatoms. The number of rotatable bonds is 10. The average molecular weight is 722 g/mol. The summed E-state index contributed by atoms with van der Waals surface area (Å²) < 4.78 is 70.4. The first-order valence-corrected chi connectivity index (χ1v) is 16.4. The minimum atomic E-state index is -4.88. The van der Waals surface area contributed by atoms with Gasteiger partial charge in [0.15, 0.2) is 0 Å². The molecule has 3 saturated heterocycles. The van der Waals surface area contributed by atoms with Crippen molar-refractivity contribution in [2.24, 2.45) is 0 Å². The molecular weight excluding hydrogens is 687 g/mol. The SMILES string of the molecule is O=C(O)O[C@@H]1O[C@@H](OC(=O)c2ccc(N3[C@@H]4CC[C@H]3C[C@@H](OCc3c(-c5ccccc5OC(F)(F)F)noc3C3CC3)C4)nc2)[C@H](O)[C@H](O)[C@@H]1O. The van der Waals surface area contributed by atoms with Crippen LogP contribution in [0.15, 0.2) is 47.1 Å². The number of benzene rings is 1. The Bertz CT molecular complexity index is 1720. The molecule has 0 radical (unpaired) electrons. The number of aliphatic hydroxyl groups excluding tert-OH is 3. The minimum absolute atomic E-state index is 0.0189. The highest BCUT2D eigenvalue weighted by Crippen LogP contribution is 2.46. The van der Waals surface area contributed by atoms with E-state index in [-0.39, 0.29) is 53.3 Å². The number of carboxylic acid groups (broad SMARTS) is 1. The molecule has 51 heavy (non-hydrogen) atoms. The Kier molecular flexibility index (Phi) is 9.53. The maximum Gasteiger partial charge on any atom is 0.573 e.